The van der Waals surface area contributed by atoms with Gasteiger partial charge in [0.1, 0.15) is 0 Å². The van der Waals surface area contributed by atoms with Crippen LogP contribution >= 0.6 is 22.7 Å². The molecule has 1 aliphatic rings. The molecule has 130 valence electrons. The van der Waals surface area contributed by atoms with Crippen molar-refractivity contribution in [2.75, 3.05) is 33.7 Å². The number of aromatic nitrogens is 1. The minimum absolute atomic E-state index is 0.784. The van der Waals surface area contributed by atoms with Crippen molar-refractivity contribution in [2.45, 2.75) is 26.4 Å². The SMILES string of the molecule is CN=C(NCCN1CCc2sccc2C1)N(C)Cc1csc(C)n1. The second kappa shape index (κ2) is 8.09. The van der Waals surface area contributed by atoms with Crippen LogP contribution in [0.4, 0.5) is 0 Å². The largest absolute Gasteiger partial charge is 0.355 e. The molecule has 0 amide bonds. The predicted molar refractivity (Wildman–Crippen MR) is 103 cm³/mol. The highest BCUT2D eigenvalue weighted by Gasteiger charge is 2.17. The predicted octanol–water partition coefficient (Wildman–Crippen LogP) is 2.58. The maximum atomic E-state index is 4.52. The van der Waals surface area contributed by atoms with Crippen molar-refractivity contribution < 1.29 is 0 Å². The Balaban J connectivity index is 1.44. The summed E-state index contributed by atoms with van der Waals surface area (Å²) in [5, 5.41) is 8.91. The first-order valence-electron chi connectivity index (χ1n) is 8.26. The zero-order valence-electron chi connectivity index (χ0n) is 14.6. The van der Waals surface area contributed by atoms with Gasteiger partial charge in [-0.1, -0.05) is 0 Å². The van der Waals surface area contributed by atoms with Crippen LogP contribution in [0.25, 0.3) is 0 Å². The quantitative estimate of drug-likeness (QED) is 0.655. The summed E-state index contributed by atoms with van der Waals surface area (Å²) in [5.41, 5.74) is 2.61. The molecular weight excluding hydrogens is 338 g/mol. The zero-order chi connectivity index (χ0) is 16.9. The van der Waals surface area contributed by atoms with E-state index < -0.39 is 0 Å². The van der Waals surface area contributed by atoms with E-state index in [9.17, 15) is 0 Å². The summed E-state index contributed by atoms with van der Waals surface area (Å²) in [5.74, 6) is 0.925. The van der Waals surface area contributed by atoms with E-state index in [2.05, 4.69) is 49.0 Å². The van der Waals surface area contributed by atoms with Crippen LogP contribution < -0.4 is 5.32 Å². The molecule has 1 aliphatic heterocycles. The van der Waals surface area contributed by atoms with Gasteiger partial charge in [0.15, 0.2) is 5.96 Å². The molecule has 0 atom stereocenters. The maximum absolute atomic E-state index is 4.52. The molecule has 0 spiro atoms. The number of hydrogen-bond donors (Lipinski definition) is 1. The fourth-order valence-corrected chi connectivity index (χ4v) is 4.50. The molecular formula is C17H25N5S2. The first-order valence-corrected chi connectivity index (χ1v) is 10.0. The van der Waals surface area contributed by atoms with Gasteiger partial charge in [-0.05, 0) is 30.4 Å². The highest BCUT2D eigenvalue weighted by Crippen LogP contribution is 2.23. The van der Waals surface area contributed by atoms with Crippen LogP contribution in [0.15, 0.2) is 21.8 Å². The van der Waals surface area contributed by atoms with Crippen LogP contribution in [0.5, 0.6) is 0 Å². The number of nitrogens with one attached hydrogen (secondary N) is 1. The van der Waals surface area contributed by atoms with Gasteiger partial charge in [-0.2, -0.15) is 0 Å². The number of thiophene rings is 1. The number of guanidine groups is 1. The topological polar surface area (TPSA) is 43.8 Å². The first-order chi connectivity index (χ1) is 11.7. The summed E-state index contributed by atoms with van der Waals surface area (Å²) < 4.78 is 0. The van der Waals surface area contributed by atoms with Crippen LogP contribution in [0.2, 0.25) is 0 Å². The average molecular weight is 364 g/mol. The average Bonchev–Trinajstić information content (AvgIpc) is 3.19. The third kappa shape index (κ3) is 4.34. The van der Waals surface area contributed by atoms with Gasteiger partial charge in [0, 0.05) is 50.5 Å². The molecule has 0 fully saturated rings. The monoisotopic (exact) mass is 363 g/mol. The molecule has 24 heavy (non-hydrogen) atoms. The standard InChI is InChI=1S/C17H25N5S2/c1-13-20-15(12-24-13)11-21(3)17(18-2)19-6-8-22-7-4-16-14(10-22)5-9-23-16/h5,9,12H,4,6-8,10-11H2,1-3H3,(H,18,19). The Morgan fingerprint density at radius 3 is 3.08 bits per heavy atom. The smallest absolute Gasteiger partial charge is 0.193 e. The molecule has 0 saturated heterocycles. The summed E-state index contributed by atoms with van der Waals surface area (Å²) >= 11 is 3.59. The Bertz CT molecular complexity index is 691. The Labute approximate surface area is 152 Å². The maximum Gasteiger partial charge on any atom is 0.193 e. The molecule has 3 rings (SSSR count). The summed E-state index contributed by atoms with van der Waals surface area (Å²) in [6.07, 6.45) is 1.19. The number of aryl methyl sites for hydroxylation is 1. The Kier molecular flexibility index (Phi) is 5.86. The minimum atomic E-state index is 0.784. The Morgan fingerprint density at radius 1 is 1.46 bits per heavy atom. The molecule has 1 N–H and O–H groups in total. The lowest BCUT2D eigenvalue weighted by atomic mass is 10.1. The van der Waals surface area contributed by atoms with Crippen LogP contribution in [-0.4, -0.2) is 54.5 Å². The van der Waals surface area contributed by atoms with Crippen molar-refractivity contribution in [3.8, 4) is 0 Å². The lowest BCUT2D eigenvalue weighted by molar-refractivity contribution is 0.259. The summed E-state index contributed by atoms with van der Waals surface area (Å²) in [7, 11) is 3.90. The molecule has 0 saturated carbocycles. The summed E-state index contributed by atoms with van der Waals surface area (Å²) in [6, 6.07) is 2.27. The van der Waals surface area contributed by atoms with E-state index in [1.54, 1.807) is 16.2 Å². The molecule has 2 aromatic rings. The van der Waals surface area contributed by atoms with Crippen LogP contribution in [0, 0.1) is 6.92 Å². The highest BCUT2D eigenvalue weighted by molar-refractivity contribution is 7.10. The molecule has 0 aliphatic carbocycles. The number of nitrogens with zero attached hydrogens (tertiary/aromatic N) is 4. The van der Waals surface area contributed by atoms with Gasteiger partial charge in [0.2, 0.25) is 0 Å². The normalized spacial score (nSPS) is 15.4. The molecule has 7 heteroatoms. The fraction of sp³-hybridized carbons (Fsp3) is 0.529. The van der Waals surface area contributed by atoms with E-state index in [1.165, 1.54) is 12.0 Å². The van der Waals surface area contributed by atoms with Crippen molar-refractivity contribution in [1.82, 2.24) is 20.1 Å². The number of hydrogen-bond acceptors (Lipinski definition) is 5. The Morgan fingerprint density at radius 2 is 2.33 bits per heavy atom. The lowest BCUT2D eigenvalue weighted by Crippen LogP contribution is -2.43. The zero-order valence-corrected chi connectivity index (χ0v) is 16.2. The second-order valence-corrected chi connectivity index (χ2v) is 8.15. The van der Waals surface area contributed by atoms with E-state index in [0.717, 1.165) is 49.4 Å². The van der Waals surface area contributed by atoms with E-state index in [4.69, 9.17) is 0 Å². The summed E-state index contributed by atoms with van der Waals surface area (Å²) in [4.78, 5) is 15.1. The number of aliphatic imine (C=N–C) groups is 1. The van der Waals surface area contributed by atoms with Gasteiger partial charge in [0.25, 0.3) is 0 Å². The van der Waals surface area contributed by atoms with Gasteiger partial charge in [-0.25, -0.2) is 4.98 Å². The first kappa shape index (κ1) is 17.4. The molecule has 0 unspecified atom stereocenters. The molecule has 2 aromatic heterocycles. The van der Waals surface area contributed by atoms with Crippen LogP contribution in [0.1, 0.15) is 21.1 Å². The van der Waals surface area contributed by atoms with E-state index in [1.807, 2.05) is 25.3 Å². The molecule has 3 heterocycles. The number of thiazole rings is 1. The van der Waals surface area contributed by atoms with E-state index >= 15 is 0 Å². The van der Waals surface area contributed by atoms with Crippen molar-refractivity contribution in [1.29, 1.82) is 0 Å². The second-order valence-electron chi connectivity index (χ2n) is 6.08. The van der Waals surface area contributed by atoms with Gasteiger partial charge in [-0.15, -0.1) is 22.7 Å². The molecule has 0 aromatic carbocycles. The van der Waals surface area contributed by atoms with E-state index in [-0.39, 0.29) is 0 Å². The van der Waals surface area contributed by atoms with Crippen molar-refractivity contribution in [2.24, 2.45) is 4.99 Å². The lowest BCUT2D eigenvalue weighted by Gasteiger charge is -2.28. The van der Waals surface area contributed by atoms with Gasteiger partial charge < -0.3 is 10.2 Å². The third-order valence-corrected chi connectivity index (χ3v) is 6.08. The fourth-order valence-electron chi connectivity index (χ4n) is 3.01. The Hall–Kier alpha value is -1.44. The number of fused-ring (bicyclic) bond motifs is 1. The van der Waals surface area contributed by atoms with Crippen molar-refractivity contribution in [3.05, 3.63) is 38.0 Å². The van der Waals surface area contributed by atoms with Crippen molar-refractivity contribution in [3.63, 3.8) is 0 Å². The number of rotatable bonds is 5. The van der Waals surface area contributed by atoms with Crippen LogP contribution in [0.3, 0.4) is 0 Å². The van der Waals surface area contributed by atoms with Gasteiger partial charge in [0.05, 0.1) is 17.2 Å². The van der Waals surface area contributed by atoms with E-state index in [0.29, 0.717) is 0 Å². The van der Waals surface area contributed by atoms with Crippen LogP contribution in [-0.2, 0) is 19.5 Å². The summed E-state index contributed by atoms with van der Waals surface area (Å²) in [6.45, 7) is 7.00. The van der Waals surface area contributed by atoms with Crippen molar-refractivity contribution >= 4 is 28.6 Å². The minimum Gasteiger partial charge on any atom is -0.355 e. The van der Waals surface area contributed by atoms with Gasteiger partial charge >= 0.3 is 0 Å². The molecule has 5 nitrogen and oxygen atoms in total. The highest BCUT2D eigenvalue weighted by atomic mass is 32.1. The molecule has 0 radical (unpaired) electrons. The third-order valence-electron chi connectivity index (χ3n) is 4.24. The van der Waals surface area contributed by atoms with Gasteiger partial charge in [-0.3, -0.25) is 9.89 Å². The molecule has 0 bridgehead atoms.